The highest BCUT2D eigenvalue weighted by atomic mass is 16.6. The summed E-state index contributed by atoms with van der Waals surface area (Å²) in [6.07, 6.45) is 2.74. The number of aromatic carboxylic acids is 1. The number of fused-ring (bicyclic) bond motifs is 1. The number of amides is 1. The first-order chi connectivity index (χ1) is 15.5. The molecule has 0 spiro atoms. The van der Waals surface area contributed by atoms with Crippen LogP contribution in [0.15, 0.2) is 24.7 Å². The molecule has 4 rings (SSSR count). The molecule has 2 aliphatic rings. The maximum atomic E-state index is 12.7. The number of carbonyl (C=O) groups excluding carboxylic acids is 2. The van der Waals surface area contributed by atoms with Crippen LogP contribution < -0.4 is 15.1 Å². The number of hydrogen-bond acceptors (Lipinski definition) is 9. The minimum Gasteiger partial charge on any atom is -0.669 e. The monoisotopic (exact) mass is 459 g/mol. The van der Waals surface area contributed by atoms with Crippen LogP contribution in [0.25, 0.3) is 0 Å². The molecule has 1 aromatic carbocycles. The molecule has 12 nitrogen and oxygen atoms in total. The summed E-state index contributed by atoms with van der Waals surface area (Å²) in [5, 5.41) is 29.3. The molecule has 33 heavy (non-hydrogen) atoms. The van der Waals surface area contributed by atoms with Crippen molar-refractivity contribution in [3.8, 4) is 11.5 Å². The molecule has 1 amide bonds. The van der Waals surface area contributed by atoms with E-state index in [1.165, 1.54) is 24.2 Å². The van der Waals surface area contributed by atoms with Crippen LogP contribution in [-0.2, 0) is 22.6 Å². The van der Waals surface area contributed by atoms with Crippen LogP contribution in [0, 0.1) is 0 Å². The minimum absolute atomic E-state index is 0.0131. The maximum Gasteiger partial charge on any atom is 0.430 e. The molecule has 1 unspecified atom stereocenters. The molecule has 0 radical (unpaired) electrons. The fourth-order valence-corrected chi connectivity index (χ4v) is 3.91. The van der Waals surface area contributed by atoms with Crippen molar-refractivity contribution in [2.45, 2.75) is 38.4 Å². The quantitative estimate of drug-likeness (QED) is 0.388. The second-order valence-electron chi connectivity index (χ2n) is 8.38. The van der Waals surface area contributed by atoms with E-state index in [9.17, 15) is 29.5 Å². The van der Waals surface area contributed by atoms with Crippen molar-refractivity contribution in [1.29, 1.82) is 0 Å². The molecule has 0 bridgehead atoms. The summed E-state index contributed by atoms with van der Waals surface area (Å²) in [5.41, 5.74) is 6.61. The number of ether oxygens (including phenoxy) is 1. The highest BCUT2D eigenvalue weighted by Gasteiger charge is 2.38. The van der Waals surface area contributed by atoms with Crippen LogP contribution in [0.1, 0.15) is 34.6 Å². The number of carboxylic acids is 1. The third-order valence-corrected chi connectivity index (χ3v) is 5.61. The van der Waals surface area contributed by atoms with Gasteiger partial charge in [0.2, 0.25) is 5.91 Å². The highest BCUT2D eigenvalue weighted by molar-refractivity contribution is 6.59. The van der Waals surface area contributed by atoms with E-state index in [0.717, 1.165) is 0 Å². The van der Waals surface area contributed by atoms with Crippen molar-refractivity contribution in [2.24, 2.45) is 5.73 Å². The van der Waals surface area contributed by atoms with Gasteiger partial charge in [0.25, 0.3) is 0 Å². The number of imidazole rings is 1. The summed E-state index contributed by atoms with van der Waals surface area (Å²) in [4.78, 5) is 41.3. The number of carbonyl (C=O) groups is 3. The molecule has 2 aliphatic heterocycles. The average Bonchev–Trinajstić information content (AvgIpc) is 3.15. The molecule has 1 fully saturated rings. The zero-order valence-electron chi connectivity index (χ0n) is 17.9. The lowest BCUT2D eigenvalue weighted by Gasteiger charge is -2.41. The first kappa shape index (κ1) is 22.8. The summed E-state index contributed by atoms with van der Waals surface area (Å²) in [7, 11) is 0. The second kappa shape index (κ2) is 8.50. The van der Waals surface area contributed by atoms with E-state index in [1.54, 1.807) is 16.8 Å². The topological polar surface area (TPSA) is 177 Å². The van der Waals surface area contributed by atoms with E-state index in [4.69, 9.17) is 15.1 Å². The maximum absolute atomic E-state index is 12.7. The van der Waals surface area contributed by atoms with Crippen LogP contribution in [-0.4, -0.2) is 73.2 Å². The molecule has 3 heterocycles. The van der Waals surface area contributed by atoms with Gasteiger partial charge in [-0.05, 0) is 25.0 Å². The number of nitrogens with two attached hydrogens (primary N) is 1. The van der Waals surface area contributed by atoms with E-state index >= 15 is 0 Å². The Morgan fingerprint density at radius 2 is 2.06 bits per heavy atom. The fourth-order valence-electron chi connectivity index (χ4n) is 3.91. The molecule has 1 atom stereocenters. The van der Waals surface area contributed by atoms with Crippen LogP contribution in [0.4, 0.5) is 0 Å². The predicted molar refractivity (Wildman–Crippen MR) is 114 cm³/mol. The molecular weight excluding hydrogens is 435 g/mol. The van der Waals surface area contributed by atoms with Crippen molar-refractivity contribution in [2.75, 3.05) is 13.1 Å². The molecule has 0 saturated carbocycles. The summed E-state index contributed by atoms with van der Waals surface area (Å²) in [6, 6.07) is 2.12. The Morgan fingerprint density at radius 3 is 2.73 bits per heavy atom. The number of Topliss-reactive ketones (excluding diaryl/α,β-unsaturated/α-hetero) is 1. The zero-order chi connectivity index (χ0) is 23.9. The van der Waals surface area contributed by atoms with Gasteiger partial charge in [0.05, 0.1) is 37.4 Å². The number of carboxylic acid groups (broad SMARTS) is 1. The van der Waals surface area contributed by atoms with E-state index < -0.39 is 24.9 Å². The van der Waals surface area contributed by atoms with Gasteiger partial charge in [0.15, 0.2) is 0 Å². The number of hydrogen-bond donors (Lipinski definition) is 4. The van der Waals surface area contributed by atoms with Crippen molar-refractivity contribution in [1.82, 2.24) is 14.5 Å². The van der Waals surface area contributed by atoms with Gasteiger partial charge in [-0.15, -0.1) is 0 Å². The van der Waals surface area contributed by atoms with E-state index in [1.807, 2.05) is 0 Å². The van der Waals surface area contributed by atoms with Gasteiger partial charge in [-0.2, -0.15) is 0 Å². The van der Waals surface area contributed by atoms with Crippen LogP contribution in [0.3, 0.4) is 0 Å². The number of ketones is 1. The molecule has 13 heteroatoms. The SMILES string of the molecule is CC(=O)Cn1cnc(C(N)C(=O)N2CC(Oc3ccc4c(c3C(=O)O)O[B-](O)(O)CC4)C2)c1. The largest absolute Gasteiger partial charge is 0.669 e. The van der Waals surface area contributed by atoms with E-state index in [2.05, 4.69) is 4.98 Å². The molecule has 1 aromatic heterocycles. The van der Waals surface area contributed by atoms with E-state index in [-0.39, 0.29) is 61.1 Å². The van der Waals surface area contributed by atoms with Crippen LogP contribution >= 0.6 is 0 Å². The first-order valence-electron chi connectivity index (χ1n) is 10.4. The Hall–Kier alpha value is -3.42. The van der Waals surface area contributed by atoms with Crippen molar-refractivity contribution >= 4 is 24.4 Å². The molecular formula is C20H24BN4O8-. The van der Waals surface area contributed by atoms with Crippen molar-refractivity contribution in [3.05, 3.63) is 41.5 Å². The summed E-state index contributed by atoms with van der Waals surface area (Å²) < 4.78 is 12.5. The standard InChI is InChI=1S/C20H24BN4O8/c1-11(26)6-24-9-14(23-10-24)17(22)19(27)25-7-13(8-25)32-15-3-2-12-4-5-21(30,31)33-18(12)16(15)20(28)29/h2-3,9-10,13,17,30-31H,4-8,22H2,1H3,(H,28,29)/q-1. The van der Waals surface area contributed by atoms with Crippen molar-refractivity contribution < 1.29 is 38.9 Å². The Morgan fingerprint density at radius 1 is 1.33 bits per heavy atom. The molecule has 5 N–H and O–H groups in total. The van der Waals surface area contributed by atoms with Gasteiger partial charge in [-0.25, -0.2) is 9.78 Å². The smallest absolute Gasteiger partial charge is 0.430 e. The lowest BCUT2D eigenvalue weighted by Crippen LogP contribution is -2.58. The summed E-state index contributed by atoms with van der Waals surface area (Å²) >= 11 is 0. The molecule has 2 aromatic rings. The minimum atomic E-state index is -3.14. The average molecular weight is 459 g/mol. The third-order valence-electron chi connectivity index (χ3n) is 5.61. The second-order valence-corrected chi connectivity index (χ2v) is 8.38. The highest BCUT2D eigenvalue weighted by Crippen LogP contribution is 2.39. The lowest BCUT2D eigenvalue weighted by molar-refractivity contribution is -0.141. The number of likely N-dealkylation sites (tertiary alicyclic amines) is 1. The number of benzene rings is 1. The number of rotatable bonds is 7. The first-order valence-corrected chi connectivity index (χ1v) is 10.4. The molecule has 176 valence electrons. The predicted octanol–water partition coefficient (Wildman–Crippen LogP) is -0.682. The number of aryl methyl sites for hydroxylation is 1. The Bertz CT molecular complexity index is 1110. The summed E-state index contributed by atoms with van der Waals surface area (Å²) in [5.74, 6) is -1.86. The summed E-state index contributed by atoms with van der Waals surface area (Å²) in [6.45, 7) is -1.18. The van der Waals surface area contributed by atoms with Gasteiger partial charge in [0, 0.05) is 6.20 Å². The van der Waals surface area contributed by atoms with Crippen LogP contribution in [0.5, 0.6) is 11.5 Å². The zero-order valence-corrected chi connectivity index (χ0v) is 17.9. The Kier molecular flexibility index (Phi) is 5.86. The number of nitrogens with zero attached hydrogens (tertiary/aromatic N) is 3. The van der Waals surface area contributed by atoms with Gasteiger partial charge in [0.1, 0.15) is 29.2 Å². The van der Waals surface area contributed by atoms with Crippen molar-refractivity contribution in [3.63, 3.8) is 0 Å². The third kappa shape index (κ3) is 4.70. The van der Waals surface area contributed by atoms with Gasteiger partial charge in [-0.3, -0.25) is 9.59 Å². The Labute approximate surface area is 188 Å². The normalized spacial score (nSPS) is 18.0. The Balaban J connectivity index is 1.41. The molecule has 0 aliphatic carbocycles. The lowest BCUT2D eigenvalue weighted by atomic mass is 9.70. The van der Waals surface area contributed by atoms with Gasteiger partial charge in [-0.1, -0.05) is 12.4 Å². The van der Waals surface area contributed by atoms with Crippen LogP contribution in [0.2, 0.25) is 6.32 Å². The van der Waals surface area contributed by atoms with Gasteiger partial charge < -0.3 is 39.7 Å². The molecule has 1 saturated heterocycles. The fraction of sp³-hybridized carbons (Fsp3) is 0.400. The van der Waals surface area contributed by atoms with Gasteiger partial charge >= 0.3 is 12.7 Å². The number of aromatic nitrogens is 2. The van der Waals surface area contributed by atoms with E-state index in [0.29, 0.717) is 11.3 Å².